The van der Waals surface area contributed by atoms with Crippen molar-refractivity contribution in [3.8, 4) is 11.1 Å². The van der Waals surface area contributed by atoms with Gasteiger partial charge >= 0.3 is 12.2 Å². The number of piperazine rings is 1. The zero-order valence-electron chi connectivity index (χ0n) is 19.2. The minimum Gasteiger partial charge on any atom is -0.353 e. The molecule has 1 fully saturated rings. The van der Waals surface area contributed by atoms with E-state index in [0.29, 0.717) is 49.3 Å². The fraction of sp³-hybridized carbons (Fsp3) is 0.261. The maximum absolute atomic E-state index is 13.7. The number of sulfonamides is 1. The first-order valence-electron chi connectivity index (χ1n) is 10.9. The molecular weight excluding hydrogens is 497 g/mol. The number of anilines is 2. The zero-order valence-corrected chi connectivity index (χ0v) is 20.0. The van der Waals surface area contributed by atoms with Crippen LogP contribution in [0.1, 0.15) is 11.1 Å². The molecule has 1 aliphatic rings. The van der Waals surface area contributed by atoms with Gasteiger partial charge in [0.05, 0.1) is 10.5 Å². The highest BCUT2D eigenvalue weighted by atomic mass is 32.2. The van der Waals surface area contributed by atoms with Crippen molar-refractivity contribution in [1.82, 2.24) is 14.9 Å². The lowest BCUT2D eigenvalue weighted by Crippen LogP contribution is -2.50. The Labute approximate surface area is 205 Å². The zero-order chi connectivity index (χ0) is 26.1. The van der Waals surface area contributed by atoms with Crippen molar-refractivity contribution in [3.63, 3.8) is 0 Å². The molecule has 0 spiro atoms. The number of halogens is 3. The van der Waals surface area contributed by atoms with Gasteiger partial charge in [-0.15, -0.1) is 0 Å². The number of carbonyl (C=O) groups excluding carboxylic acids is 1. The molecule has 9 nitrogen and oxygen atoms in total. The van der Waals surface area contributed by atoms with Gasteiger partial charge in [-0.05, 0) is 35.7 Å². The number of nitrogens with two attached hydrogens (primary N) is 1. The van der Waals surface area contributed by atoms with Crippen LogP contribution in [0.2, 0.25) is 0 Å². The van der Waals surface area contributed by atoms with E-state index in [1.807, 2.05) is 4.90 Å². The van der Waals surface area contributed by atoms with Crippen molar-refractivity contribution in [2.75, 3.05) is 35.8 Å². The van der Waals surface area contributed by atoms with Crippen LogP contribution in [0.25, 0.3) is 11.1 Å². The summed E-state index contributed by atoms with van der Waals surface area (Å²) in [6.07, 6.45) is -2.74. The number of benzene rings is 1. The van der Waals surface area contributed by atoms with Crippen LogP contribution in [0.5, 0.6) is 0 Å². The lowest BCUT2D eigenvalue weighted by molar-refractivity contribution is -0.137. The van der Waals surface area contributed by atoms with E-state index >= 15 is 0 Å². The Morgan fingerprint density at radius 3 is 2.36 bits per heavy atom. The van der Waals surface area contributed by atoms with Crippen molar-refractivity contribution in [2.24, 2.45) is 5.73 Å². The molecule has 0 saturated carbocycles. The lowest BCUT2D eigenvalue weighted by Gasteiger charge is -2.34. The molecule has 3 heterocycles. The van der Waals surface area contributed by atoms with Crippen molar-refractivity contribution in [3.05, 3.63) is 66.0 Å². The van der Waals surface area contributed by atoms with Gasteiger partial charge in [-0.25, -0.2) is 23.2 Å². The number of nitrogens with zero attached hydrogens (tertiary/aromatic N) is 4. The van der Waals surface area contributed by atoms with Gasteiger partial charge in [-0.3, -0.25) is 4.72 Å². The SMILES string of the molecule is Cc1ccccc1-c1cc(NS(=O)(=O)c2ccnc(N3CCN(C(N)=O)CC3)c2)ncc1C(F)(F)F. The average molecular weight is 521 g/mol. The topological polar surface area (TPSA) is 122 Å². The van der Waals surface area contributed by atoms with Crippen LogP contribution in [-0.2, 0) is 16.2 Å². The third-order valence-electron chi connectivity index (χ3n) is 5.83. The third kappa shape index (κ3) is 5.35. The summed E-state index contributed by atoms with van der Waals surface area (Å²) in [6, 6.07) is 9.69. The Hall–Kier alpha value is -3.87. The summed E-state index contributed by atoms with van der Waals surface area (Å²) >= 11 is 0. The average Bonchev–Trinajstić information content (AvgIpc) is 2.83. The fourth-order valence-electron chi connectivity index (χ4n) is 3.93. The second-order valence-corrected chi connectivity index (χ2v) is 9.88. The predicted molar refractivity (Wildman–Crippen MR) is 128 cm³/mol. The summed E-state index contributed by atoms with van der Waals surface area (Å²) in [7, 11) is -4.20. The van der Waals surface area contributed by atoms with Gasteiger partial charge in [-0.1, -0.05) is 24.3 Å². The minimum absolute atomic E-state index is 0.135. The molecule has 3 aromatic rings. The predicted octanol–water partition coefficient (Wildman–Crippen LogP) is 3.47. The van der Waals surface area contributed by atoms with Crippen molar-refractivity contribution < 1.29 is 26.4 Å². The minimum atomic E-state index is -4.68. The first-order valence-corrected chi connectivity index (χ1v) is 12.4. The van der Waals surface area contributed by atoms with Gasteiger partial charge in [-0.2, -0.15) is 13.2 Å². The molecule has 4 rings (SSSR count). The second kappa shape index (κ2) is 9.64. The van der Waals surface area contributed by atoms with E-state index in [2.05, 4.69) is 14.7 Å². The third-order valence-corrected chi connectivity index (χ3v) is 7.18. The number of rotatable bonds is 5. The number of aromatic nitrogens is 2. The summed E-state index contributed by atoms with van der Waals surface area (Å²) < 4.78 is 69.5. The van der Waals surface area contributed by atoms with E-state index in [0.717, 1.165) is 6.07 Å². The van der Waals surface area contributed by atoms with Crippen molar-refractivity contribution in [2.45, 2.75) is 18.0 Å². The number of amides is 2. The van der Waals surface area contributed by atoms with Crippen LogP contribution in [0.4, 0.5) is 29.6 Å². The normalized spacial score (nSPS) is 14.6. The van der Waals surface area contributed by atoms with Crippen LogP contribution in [-0.4, -0.2) is 55.5 Å². The first-order chi connectivity index (χ1) is 17.0. The maximum atomic E-state index is 13.7. The number of nitrogens with one attached hydrogen (secondary N) is 1. The van der Waals surface area contributed by atoms with Crippen molar-refractivity contribution >= 4 is 27.7 Å². The van der Waals surface area contributed by atoms with Gasteiger partial charge in [0.15, 0.2) is 0 Å². The number of hydrogen-bond donors (Lipinski definition) is 2. The second-order valence-electron chi connectivity index (χ2n) is 8.20. The molecule has 1 saturated heterocycles. The van der Waals surface area contributed by atoms with E-state index < -0.39 is 27.8 Å². The number of primary amides is 1. The lowest BCUT2D eigenvalue weighted by atomic mass is 9.97. The van der Waals surface area contributed by atoms with Gasteiger partial charge in [0.25, 0.3) is 10.0 Å². The van der Waals surface area contributed by atoms with Crippen molar-refractivity contribution in [1.29, 1.82) is 0 Å². The Morgan fingerprint density at radius 2 is 1.72 bits per heavy atom. The summed E-state index contributed by atoms with van der Waals surface area (Å²) in [5.41, 5.74) is 5.05. The fourth-order valence-corrected chi connectivity index (χ4v) is 4.93. The number of alkyl halides is 3. The standard InChI is InChI=1S/C23H23F3N6O3S/c1-15-4-2-3-5-17(15)18-13-20(29-14-19(18)23(24,25)26)30-36(34,35)16-6-7-28-21(12-16)31-8-10-32(11-9-31)22(27)33/h2-7,12-14H,8-11H2,1H3,(H2,27,33)(H,29,30). The molecule has 0 bridgehead atoms. The summed E-state index contributed by atoms with van der Waals surface area (Å²) in [4.78, 5) is 22.4. The van der Waals surface area contributed by atoms with Crippen LogP contribution >= 0.6 is 0 Å². The van der Waals surface area contributed by atoms with E-state index in [1.54, 1.807) is 25.1 Å². The summed E-state index contributed by atoms with van der Waals surface area (Å²) in [6.45, 7) is 3.22. The highest BCUT2D eigenvalue weighted by Crippen LogP contribution is 2.39. The largest absolute Gasteiger partial charge is 0.418 e. The van der Waals surface area contributed by atoms with E-state index in [4.69, 9.17) is 5.73 Å². The summed E-state index contributed by atoms with van der Waals surface area (Å²) in [5.74, 6) is 0.123. The molecule has 3 N–H and O–H groups in total. The van der Waals surface area contributed by atoms with Gasteiger partial charge in [0.1, 0.15) is 11.6 Å². The van der Waals surface area contributed by atoms with Gasteiger partial charge < -0.3 is 15.5 Å². The molecule has 1 aromatic carbocycles. The molecule has 0 radical (unpaired) electrons. The van der Waals surface area contributed by atoms with E-state index in [-0.39, 0.29) is 16.3 Å². The van der Waals surface area contributed by atoms with Gasteiger partial charge in [0.2, 0.25) is 0 Å². The Balaban J connectivity index is 1.63. The highest BCUT2D eigenvalue weighted by molar-refractivity contribution is 7.92. The van der Waals surface area contributed by atoms with Crippen LogP contribution in [0, 0.1) is 6.92 Å². The Bertz CT molecular complexity index is 1390. The smallest absolute Gasteiger partial charge is 0.353 e. The summed E-state index contributed by atoms with van der Waals surface area (Å²) in [5, 5.41) is 0. The number of urea groups is 1. The molecule has 1 aliphatic heterocycles. The highest BCUT2D eigenvalue weighted by Gasteiger charge is 2.35. The molecule has 2 amide bonds. The molecule has 36 heavy (non-hydrogen) atoms. The molecule has 190 valence electrons. The van der Waals surface area contributed by atoms with E-state index in [9.17, 15) is 26.4 Å². The number of carbonyl (C=O) groups is 1. The Morgan fingerprint density at radius 1 is 1.03 bits per heavy atom. The molecule has 13 heteroatoms. The number of hydrogen-bond acceptors (Lipinski definition) is 6. The van der Waals surface area contributed by atoms with Gasteiger partial charge in [0, 0.05) is 44.6 Å². The van der Waals surface area contributed by atoms with Crippen LogP contribution < -0.4 is 15.4 Å². The molecule has 0 atom stereocenters. The maximum Gasteiger partial charge on any atom is 0.418 e. The van der Waals surface area contributed by atoms with Crippen LogP contribution in [0.3, 0.4) is 0 Å². The number of aryl methyl sites for hydroxylation is 1. The molecule has 2 aromatic heterocycles. The van der Waals surface area contributed by atoms with E-state index in [1.165, 1.54) is 29.3 Å². The quantitative estimate of drug-likeness (QED) is 0.531. The molecular formula is C23H23F3N6O3S. The monoisotopic (exact) mass is 520 g/mol. The first kappa shape index (κ1) is 25.2. The molecule has 0 unspecified atom stereocenters. The van der Waals surface area contributed by atoms with Crippen LogP contribution in [0.15, 0.2) is 59.8 Å². The molecule has 0 aliphatic carbocycles. The number of pyridine rings is 2. The Kier molecular flexibility index (Phi) is 6.76.